The first kappa shape index (κ1) is 27.9. The van der Waals surface area contributed by atoms with Crippen LogP contribution in [-0.4, -0.2) is 38.9 Å². The monoisotopic (exact) mass is 414 g/mol. The number of unbranched alkanes of at least 4 members (excludes halogenated alkanes) is 13. The van der Waals surface area contributed by atoms with Crippen molar-refractivity contribution >= 4 is 11.9 Å². The molecule has 0 aromatic carbocycles. The van der Waals surface area contributed by atoms with Crippen LogP contribution in [0.1, 0.15) is 116 Å². The fourth-order valence-electron chi connectivity index (χ4n) is 3.24. The van der Waals surface area contributed by atoms with E-state index < -0.39 is 0 Å². The highest BCUT2D eigenvalue weighted by atomic mass is 16.6. The summed E-state index contributed by atoms with van der Waals surface area (Å²) in [7, 11) is 1.56. The highest BCUT2D eigenvalue weighted by molar-refractivity contribution is 5.72. The van der Waals surface area contributed by atoms with Crippen LogP contribution in [0.3, 0.4) is 0 Å². The van der Waals surface area contributed by atoms with Gasteiger partial charge in [-0.3, -0.25) is 9.59 Å². The predicted octanol–water partition coefficient (Wildman–Crippen LogP) is 6.37. The molecule has 0 atom stereocenters. The minimum atomic E-state index is -0.290. The van der Waals surface area contributed by atoms with Gasteiger partial charge in [0, 0.05) is 20.0 Å². The Bertz CT molecular complexity index is 370. The Balaban J connectivity index is 3.22. The molecule has 0 aromatic rings. The molecule has 0 fully saturated rings. The van der Waals surface area contributed by atoms with E-state index in [0.717, 1.165) is 12.8 Å². The van der Waals surface area contributed by atoms with E-state index in [1.807, 2.05) is 0 Å². The number of carbonyl (C=O) groups excluding carboxylic acids is 2. The fourth-order valence-corrected chi connectivity index (χ4v) is 3.24. The first-order valence-electron chi connectivity index (χ1n) is 12.0. The number of hydrogen-bond acceptors (Lipinski definition) is 5. The van der Waals surface area contributed by atoms with Crippen molar-refractivity contribution in [1.82, 2.24) is 0 Å². The molecule has 5 heteroatoms. The molecule has 172 valence electrons. The Morgan fingerprint density at radius 2 is 0.931 bits per heavy atom. The van der Waals surface area contributed by atoms with Crippen LogP contribution in [0.4, 0.5) is 0 Å². The molecular formula is C24H46O5. The molecule has 0 heterocycles. The van der Waals surface area contributed by atoms with Gasteiger partial charge in [-0.1, -0.05) is 90.4 Å². The van der Waals surface area contributed by atoms with Gasteiger partial charge in [0.25, 0.3) is 0 Å². The average Bonchev–Trinajstić information content (AvgIpc) is 2.71. The zero-order valence-electron chi connectivity index (χ0n) is 19.2. The minimum absolute atomic E-state index is 0.218. The maximum atomic E-state index is 11.6. The summed E-state index contributed by atoms with van der Waals surface area (Å²) in [5, 5.41) is 0. The van der Waals surface area contributed by atoms with Crippen LogP contribution in [0.25, 0.3) is 0 Å². The second-order valence-corrected chi connectivity index (χ2v) is 7.88. The lowest BCUT2D eigenvalue weighted by Gasteiger charge is -2.06. The molecule has 0 radical (unpaired) electrons. The molecule has 0 bridgehead atoms. The molecule has 0 rings (SSSR count). The van der Waals surface area contributed by atoms with Gasteiger partial charge in [0.05, 0.1) is 13.2 Å². The number of rotatable bonds is 22. The number of ether oxygens (including phenoxy) is 3. The summed E-state index contributed by atoms with van der Waals surface area (Å²) in [6, 6.07) is 0. The van der Waals surface area contributed by atoms with Gasteiger partial charge < -0.3 is 14.2 Å². The van der Waals surface area contributed by atoms with Gasteiger partial charge in [0.1, 0.15) is 6.61 Å². The molecule has 0 N–H and O–H groups in total. The maximum Gasteiger partial charge on any atom is 0.305 e. The second kappa shape index (κ2) is 23.2. The average molecular weight is 415 g/mol. The molecule has 0 unspecified atom stereocenters. The van der Waals surface area contributed by atoms with E-state index in [1.165, 1.54) is 77.0 Å². The quantitative estimate of drug-likeness (QED) is 0.152. The van der Waals surface area contributed by atoms with Crippen LogP contribution in [0.5, 0.6) is 0 Å². The topological polar surface area (TPSA) is 61.8 Å². The van der Waals surface area contributed by atoms with Crippen LogP contribution in [0, 0.1) is 0 Å². The highest BCUT2D eigenvalue weighted by Crippen LogP contribution is 2.13. The van der Waals surface area contributed by atoms with E-state index in [1.54, 1.807) is 7.11 Å². The lowest BCUT2D eigenvalue weighted by molar-refractivity contribution is -0.146. The van der Waals surface area contributed by atoms with Gasteiger partial charge in [-0.05, 0) is 12.8 Å². The third kappa shape index (κ3) is 23.0. The smallest absolute Gasteiger partial charge is 0.305 e. The molecule has 5 nitrogen and oxygen atoms in total. The van der Waals surface area contributed by atoms with E-state index in [-0.39, 0.29) is 31.4 Å². The van der Waals surface area contributed by atoms with Crippen LogP contribution in [0.2, 0.25) is 0 Å². The second-order valence-electron chi connectivity index (χ2n) is 7.88. The van der Waals surface area contributed by atoms with Gasteiger partial charge >= 0.3 is 11.9 Å². The van der Waals surface area contributed by atoms with Crippen molar-refractivity contribution in [2.75, 3.05) is 26.9 Å². The summed E-state index contributed by atoms with van der Waals surface area (Å²) in [5.74, 6) is -0.508. The zero-order chi connectivity index (χ0) is 21.4. The normalized spacial score (nSPS) is 10.8. The first-order chi connectivity index (χ1) is 14.2. The Hall–Kier alpha value is -1.10. The van der Waals surface area contributed by atoms with E-state index in [0.29, 0.717) is 19.6 Å². The zero-order valence-corrected chi connectivity index (χ0v) is 19.2. The molecule has 0 aromatic heterocycles. The lowest BCUT2D eigenvalue weighted by Crippen LogP contribution is -2.11. The summed E-state index contributed by atoms with van der Waals surface area (Å²) in [6.07, 6.45) is 19.4. The fraction of sp³-hybridized carbons (Fsp3) is 0.917. The van der Waals surface area contributed by atoms with Gasteiger partial charge in [0.15, 0.2) is 0 Å². The summed E-state index contributed by atoms with van der Waals surface area (Å²) >= 11 is 0. The van der Waals surface area contributed by atoms with Crippen molar-refractivity contribution in [1.29, 1.82) is 0 Å². The number of methoxy groups -OCH3 is 1. The van der Waals surface area contributed by atoms with E-state index in [4.69, 9.17) is 14.2 Å². The van der Waals surface area contributed by atoms with Crippen LogP contribution < -0.4 is 0 Å². The summed E-state index contributed by atoms with van der Waals surface area (Å²) in [4.78, 5) is 23.0. The Morgan fingerprint density at radius 1 is 0.517 bits per heavy atom. The first-order valence-corrected chi connectivity index (χ1v) is 12.0. The van der Waals surface area contributed by atoms with Crippen LogP contribution in [-0.2, 0) is 23.8 Å². The van der Waals surface area contributed by atoms with Crippen LogP contribution in [0.15, 0.2) is 0 Å². The summed E-state index contributed by atoms with van der Waals surface area (Å²) in [5.41, 5.74) is 0. The Morgan fingerprint density at radius 3 is 1.38 bits per heavy atom. The molecule has 0 saturated carbocycles. The third-order valence-corrected chi connectivity index (χ3v) is 5.07. The largest absolute Gasteiger partial charge is 0.466 e. The van der Waals surface area contributed by atoms with Crippen molar-refractivity contribution < 1.29 is 23.8 Å². The molecule has 0 saturated heterocycles. The van der Waals surface area contributed by atoms with E-state index in [9.17, 15) is 9.59 Å². The SMILES string of the molecule is CCCCCCCCCCCCCCCCOC(=O)CCCC(=O)OCCOC. The summed E-state index contributed by atoms with van der Waals surface area (Å²) in [6.45, 7) is 3.42. The molecule has 0 aliphatic heterocycles. The predicted molar refractivity (Wildman–Crippen MR) is 118 cm³/mol. The highest BCUT2D eigenvalue weighted by Gasteiger charge is 2.07. The van der Waals surface area contributed by atoms with Crippen molar-refractivity contribution in [2.45, 2.75) is 116 Å². The molecule has 29 heavy (non-hydrogen) atoms. The van der Waals surface area contributed by atoms with Crippen molar-refractivity contribution in [3.63, 3.8) is 0 Å². The molecular weight excluding hydrogens is 368 g/mol. The van der Waals surface area contributed by atoms with Gasteiger partial charge in [-0.15, -0.1) is 0 Å². The van der Waals surface area contributed by atoms with Gasteiger partial charge in [0.2, 0.25) is 0 Å². The molecule has 0 amide bonds. The number of carbonyl (C=O) groups is 2. The van der Waals surface area contributed by atoms with E-state index in [2.05, 4.69) is 6.92 Å². The minimum Gasteiger partial charge on any atom is -0.466 e. The van der Waals surface area contributed by atoms with Crippen molar-refractivity contribution in [3.8, 4) is 0 Å². The third-order valence-electron chi connectivity index (χ3n) is 5.07. The molecule has 0 spiro atoms. The Labute approximate surface area is 179 Å². The van der Waals surface area contributed by atoms with E-state index >= 15 is 0 Å². The number of esters is 2. The van der Waals surface area contributed by atoms with Gasteiger partial charge in [-0.25, -0.2) is 0 Å². The maximum absolute atomic E-state index is 11.6. The van der Waals surface area contributed by atoms with Crippen LogP contribution >= 0.6 is 0 Å². The molecule has 0 aliphatic rings. The lowest BCUT2D eigenvalue weighted by atomic mass is 10.0. The molecule has 0 aliphatic carbocycles. The Kier molecular flexibility index (Phi) is 22.3. The van der Waals surface area contributed by atoms with Gasteiger partial charge in [-0.2, -0.15) is 0 Å². The van der Waals surface area contributed by atoms with Crippen molar-refractivity contribution in [3.05, 3.63) is 0 Å². The standard InChI is InChI=1S/C24H46O5/c1-3-4-5-6-7-8-9-10-11-12-13-14-15-16-20-28-23(25)18-17-19-24(26)29-22-21-27-2/h3-22H2,1-2H3. The number of hydrogen-bond donors (Lipinski definition) is 0. The van der Waals surface area contributed by atoms with Crippen molar-refractivity contribution in [2.24, 2.45) is 0 Å². The summed E-state index contributed by atoms with van der Waals surface area (Å²) < 4.78 is 15.0.